The molecule has 0 saturated carbocycles. The molecule has 0 saturated heterocycles. The van der Waals surface area contributed by atoms with Crippen LogP contribution in [0.4, 0.5) is 0 Å². The van der Waals surface area contributed by atoms with Crippen molar-refractivity contribution in [3.8, 4) is 11.5 Å². The highest BCUT2D eigenvalue weighted by molar-refractivity contribution is 7.31. The average molecular weight is 336 g/mol. The van der Waals surface area contributed by atoms with E-state index in [2.05, 4.69) is 12.1 Å². The molecule has 0 bridgehead atoms. The van der Waals surface area contributed by atoms with Crippen molar-refractivity contribution in [3.63, 3.8) is 0 Å². The maximum absolute atomic E-state index is 6.42. The van der Waals surface area contributed by atoms with E-state index in [9.17, 15) is 0 Å². The number of hydrogen-bond acceptors (Lipinski definition) is 2. The molecule has 0 spiro atoms. The first-order valence-corrected chi connectivity index (χ1v) is 8.48. The zero-order valence-electron chi connectivity index (χ0n) is 15.1. The van der Waals surface area contributed by atoms with E-state index in [0.29, 0.717) is 0 Å². The molecule has 0 aliphatic rings. The fourth-order valence-electron chi connectivity index (χ4n) is 3.49. The molecule has 0 amide bonds. The van der Waals surface area contributed by atoms with E-state index in [-0.39, 0.29) is 0 Å². The highest BCUT2D eigenvalue weighted by Crippen LogP contribution is 2.41. The predicted octanol–water partition coefficient (Wildman–Crippen LogP) is 3.40. The van der Waals surface area contributed by atoms with Gasteiger partial charge >= 0.3 is 0 Å². The Bertz CT molecular complexity index is 784. The van der Waals surface area contributed by atoms with E-state index in [0.717, 1.165) is 28.2 Å². The molecule has 26 heavy (non-hydrogen) atoms. The average Bonchev–Trinajstić information content (AvgIpc) is 2.70. The molecule has 2 nitrogen and oxygen atoms in total. The number of methoxy groups -OCH3 is 2. The summed E-state index contributed by atoms with van der Waals surface area (Å²) in [5.74, 6) is 1.58. The summed E-state index contributed by atoms with van der Waals surface area (Å²) in [5, 5.41) is -0.695. The number of ether oxygens (including phenoxy) is 2. The van der Waals surface area contributed by atoms with Gasteiger partial charge < -0.3 is 9.47 Å². The Labute approximate surface area is 158 Å². The van der Waals surface area contributed by atoms with Crippen LogP contribution >= 0.6 is 0 Å². The maximum atomic E-state index is 6.42. The summed E-state index contributed by atoms with van der Waals surface area (Å²) in [5.41, 5.74) is 3.04. The van der Waals surface area contributed by atoms with Gasteiger partial charge in [-0.2, -0.15) is 0 Å². The van der Waals surface area contributed by atoms with Gasteiger partial charge in [-0.3, -0.25) is 0 Å². The van der Waals surface area contributed by atoms with Crippen LogP contribution in [0.1, 0.15) is 16.7 Å². The van der Waals surface area contributed by atoms with Gasteiger partial charge in [0.1, 0.15) is 11.5 Å². The zero-order chi connectivity index (χ0) is 18.6. The molecule has 0 fully saturated rings. The third kappa shape index (κ3) is 3.14. The van der Waals surface area contributed by atoms with Crippen molar-refractivity contribution >= 4 is 22.0 Å². The Hall–Kier alpha value is -2.55. The molecule has 0 aliphatic carbocycles. The van der Waals surface area contributed by atoms with E-state index in [1.54, 1.807) is 14.2 Å². The van der Waals surface area contributed by atoms with Crippen LogP contribution < -0.4 is 9.47 Å². The summed E-state index contributed by atoms with van der Waals surface area (Å²) in [6.07, 6.45) is 0. The van der Waals surface area contributed by atoms with Crippen LogP contribution in [0.5, 0.6) is 11.5 Å². The van der Waals surface area contributed by atoms with Crippen molar-refractivity contribution in [2.24, 2.45) is 0 Å². The van der Waals surface area contributed by atoms with E-state index in [4.69, 9.17) is 24.9 Å². The quantitative estimate of drug-likeness (QED) is 0.508. The van der Waals surface area contributed by atoms with Crippen LogP contribution in [-0.4, -0.2) is 36.2 Å². The smallest absolute Gasteiger partial charge is 0.118 e. The van der Waals surface area contributed by atoms with Gasteiger partial charge in [0.15, 0.2) is 0 Å². The van der Waals surface area contributed by atoms with E-state index in [1.165, 1.54) is 0 Å². The number of benzene rings is 3. The van der Waals surface area contributed by atoms with E-state index >= 15 is 0 Å². The van der Waals surface area contributed by atoms with Crippen molar-refractivity contribution in [1.82, 2.24) is 0 Å². The second-order valence-electron chi connectivity index (χ2n) is 6.16. The molecule has 4 radical (unpaired) electrons. The first-order chi connectivity index (χ1) is 12.6. The number of hydrogen-bond donors (Lipinski definition) is 0. The van der Waals surface area contributed by atoms with Crippen LogP contribution in [0.25, 0.3) is 0 Å². The molecule has 0 atom stereocenters. The zero-order valence-corrected chi connectivity index (χ0v) is 15.1. The predicted molar refractivity (Wildman–Crippen MR) is 110 cm³/mol. The van der Waals surface area contributed by atoms with Crippen molar-refractivity contribution in [2.75, 3.05) is 14.2 Å². The second-order valence-corrected chi connectivity index (χ2v) is 6.16. The van der Waals surface area contributed by atoms with Gasteiger partial charge in [-0.1, -0.05) is 54.6 Å². The molecule has 3 aromatic rings. The largest absolute Gasteiger partial charge is 0.497 e. The molecule has 0 aliphatic heterocycles. The highest BCUT2D eigenvalue weighted by Gasteiger charge is 2.39. The lowest BCUT2D eigenvalue weighted by Crippen LogP contribution is -2.47. The van der Waals surface area contributed by atoms with Gasteiger partial charge in [0.2, 0.25) is 0 Å². The fourth-order valence-corrected chi connectivity index (χ4v) is 3.49. The Balaban J connectivity index is 2.27. The van der Waals surface area contributed by atoms with Crippen molar-refractivity contribution < 1.29 is 9.47 Å². The topological polar surface area (TPSA) is 18.5 Å². The Kier molecular flexibility index (Phi) is 5.46. The summed E-state index contributed by atoms with van der Waals surface area (Å²) >= 11 is 0. The number of rotatable bonds is 6. The summed E-state index contributed by atoms with van der Waals surface area (Å²) in [6, 6.07) is 25.9. The van der Waals surface area contributed by atoms with Crippen molar-refractivity contribution in [1.29, 1.82) is 0 Å². The Morgan fingerprint density at radius 3 is 1.35 bits per heavy atom. The highest BCUT2D eigenvalue weighted by atomic mass is 16.5. The lowest BCUT2D eigenvalue weighted by atomic mass is 9.08. The first kappa shape index (κ1) is 18.3. The molecule has 0 heterocycles. The fraction of sp³-hybridized carbons (Fsp3) is 0.143. The molecule has 3 aromatic carbocycles. The normalized spacial score (nSPS) is 11.0. The van der Waals surface area contributed by atoms with Crippen molar-refractivity contribution in [3.05, 3.63) is 95.6 Å². The summed E-state index contributed by atoms with van der Waals surface area (Å²) < 4.78 is 10.6. The maximum Gasteiger partial charge on any atom is 0.118 e. The van der Waals surface area contributed by atoms with E-state index < -0.39 is 11.8 Å². The third-order valence-electron chi connectivity index (χ3n) is 4.82. The van der Waals surface area contributed by atoms with Gasteiger partial charge in [-0.05, 0) is 41.0 Å². The molecular formula is C21H19B3O2. The van der Waals surface area contributed by atoms with Gasteiger partial charge in [-0.15, -0.1) is 0 Å². The monoisotopic (exact) mass is 336 g/mol. The lowest BCUT2D eigenvalue weighted by Gasteiger charge is -2.40. The standard InChI is InChI=1S/C21H19B3O2/c1-25-19-12-8-17(9-13-19)21(24(22)23,16-6-4-3-5-7-16)18-10-14-20(26-2)15-11-18/h3-15H,1-2H3. The summed E-state index contributed by atoms with van der Waals surface area (Å²) in [6.45, 7) is -0.647. The van der Waals surface area contributed by atoms with Gasteiger partial charge in [-0.25, -0.2) is 0 Å². The van der Waals surface area contributed by atoms with Crippen LogP contribution in [-0.2, 0) is 5.31 Å². The molecule has 0 aromatic heterocycles. The van der Waals surface area contributed by atoms with Crippen LogP contribution in [0.15, 0.2) is 78.9 Å². The Morgan fingerprint density at radius 1 is 0.615 bits per heavy atom. The second kappa shape index (κ2) is 7.78. The summed E-state index contributed by atoms with van der Waals surface area (Å²) in [7, 11) is 16.1. The van der Waals surface area contributed by atoms with Gasteiger partial charge in [0, 0.05) is 20.8 Å². The van der Waals surface area contributed by atoms with E-state index in [1.807, 2.05) is 66.7 Å². The Morgan fingerprint density at radius 2 is 1.00 bits per heavy atom. The molecule has 3 rings (SSSR count). The van der Waals surface area contributed by atoms with Crippen molar-refractivity contribution in [2.45, 2.75) is 5.31 Å². The molecule has 0 unspecified atom stereocenters. The SMILES string of the molecule is [B]B([B])C(c1ccccc1)(c1ccc(OC)cc1)c1ccc(OC)cc1. The van der Waals surface area contributed by atoms with Gasteiger partial charge in [0.25, 0.3) is 0 Å². The third-order valence-corrected chi connectivity index (χ3v) is 4.82. The van der Waals surface area contributed by atoms with Crippen LogP contribution in [0, 0.1) is 0 Å². The van der Waals surface area contributed by atoms with Crippen LogP contribution in [0.2, 0.25) is 0 Å². The minimum atomic E-state index is -0.695. The summed E-state index contributed by atoms with van der Waals surface area (Å²) in [4.78, 5) is 0. The molecule has 0 N–H and O–H groups in total. The first-order valence-electron chi connectivity index (χ1n) is 8.48. The molecule has 124 valence electrons. The molecular weight excluding hydrogens is 317 g/mol. The van der Waals surface area contributed by atoms with Crippen LogP contribution in [0.3, 0.4) is 0 Å². The molecule has 5 heteroatoms. The van der Waals surface area contributed by atoms with Gasteiger partial charge in [0.05, 0.1) is 20.7 Å². The minimum absolute atomic E-state index is 0.647. The minimum Gasteiger partial charge on any atom is -0.497 e. The lowest BCUT2D eigenvalue weighted by molar-refractivity contribution is 0.414.